The van der Waals surface area contributed by atoms with Crippen LogP contribution in [0.3, 0.4) is 0 Å². The molecule has 0 aromatic carbocycles. The lowest BCUT2D eigenvalue weighted by molar-refractivity contribution is -0.00546. The van der Waals surface area contributed by atoms with E-state index in [2.05, 4.69) is 4.98 Å². The number of ether oxygens (including phenoxy) is 1. The predicted molar refractivity (Wildman–Crippen MR) is 66.3 cm³/mol. The normalized spacial score (nSPS) is 25.2. The van der Waals surface area contributed by atoms with Crippen molar-refractivity contribution >= 4 is 15.9 Å². The van der Waals surface area contributed by atoms with Crippen molar-refractivity contribution in [2.24, 2.45) is 0 Å². The molecule has 0 amide bonds. The van der Waals surface area contributed by atoms with E-state index >= 15 is 0 Å². The highest BCUT2D eigenvalue weighted by Crippen LogP contribution is 2.19. The van der Waals surface area contributed by atoms with Gasteiger partial charge in [0.1, 0.15) is 10.7 Å². The minimum atomic E-state index is -4.18. The number of nitrogens with zero attached hydrogens (tertiary/aromatic N) is 2. The van der Waals surface area contributed by atoms with Gasteiger partial charge in [0.25, 0.3) is 10.1 Å². The Bertz CT molecular complexity index is 504. The third-order valence-electron chi connectivity index (χ3n) is 2.76. The Morgan fingerprint density at radius 3 is 2.39 bits per heavy atom. The summed E-state index contributed by atoms with van der Waals surface area (Å²) in [6, 6.07) is 2.94. The van der Waals surface area contributed by atoms with Crippen LogP contribution in [-0.4, -0.2) is 43.3 Å². The van der Waals surface area contributed by atoms with Crippen LogP contribution in [0.15, 0.2) is 23.2 Å². The van der Waals surface area contributed by atoms with E-state index in [0.717, 1.165) is 6.20 Å². The highest BCUT2D eigenvalue weighted by atomic mass is 32.2. The van der Waals surface area contributed by atoms with Crippen LogP contribution in [0, 0.1) is 0 Å². The van der Waals surface area contributed by atoms with Gasteiger partial charge in [0.05, 0.1) is 18.4 Å². The molecule has 0 saturated carbocycles. The minimum absolute atomic E-state index is 0.108. The van der Waals surface area contributed by atoms with Crippen LogP contribution in [0.25, 0.3) is 0 Å². The zero-order chi connectivity index (χ0) is 13.3. The quantitative estimate of drug-likeness (QED) is 0.807. The Kier molecular flexibility index (Phi) is 3.56. The molecule has 2 rings (SSSR count). The van der Waals surface area contributed by atoms with Crippen LogP contribution in [0.1, 0.15) is 13.8 Å². The highest BCUT2D eigenvalue weighted by Gasteiger charge is 2.23. The van der Waals surface area contributed by atoms with E-state index in [4.69, 9.17) is 9.29 Å². The molecule has 1 saturated heterocycles. The molecule has 0 aliphatic carbocycles. The first-order valence-electron chi connectivity index (χ1n) is 5.70. The number of aromatic nitrogens is 1. The van der Waals surface area contributed by atoms with Crippen molar-refractivity contribution in [3.63, 3.8) is 0 Å². The Morgan fingerprint density at radius 1 is 1.33 bits per heavy atom. The fraction of sp³-hybridized carbons (Fsp3) is 0.545. The Labute approximate surface area is 106 Å². The Morgan fingerprint density at radius 2 is 1.94 bits per heavy atom. The molecule has 0 spiro atoms. The molecule has 6 nitrogen and oxygen atoms in total. The molecule has 0 bridgehead atoms. The van der Waals surface area contributed by atoms with Crippen LogP contribution in [0.2, 0.25) is 0 Å². The van der Waals surface area contributed by atoms with E-state index in [9.17, 15) is 8.42 Å². The van der Waals surface area contributed by atoms with Crippen molar-refractivity contribution in [2.75, 3.05) is 18.0 Å². The molecule has 2 atom stereocenters. The van der Waals surface area contributed by atoms with Gasteiger partial charge in [-0.3, -0.25) is 4.55 Å². The van der Waals surface area contributed by atoms with Gasteiger partial charge in [0.2, 0.25) is 0 Å². The van der Waals surface area contributed by atoms with E-state index in [-0.39, 0.29) is 17.1 Å². The summed E-state index contributed by atoms with van der Waals surface area (Å²) in [6.45, 7) is 5.38. The summed E-state index contributed by atoms with van der Waals surface area (Å²) in [5, 5.41) is 0. The number of pyridine rings is 1. The molecule has 2 heterocycles. The lowest BCUT2D eigenvalue weighted by Crippen LogP contribution is -2.45. The molecule has 2 unspecified atom stereocenters. The van der Waals surface area contributed by atoms with E-state index in [1.165, 1.54) is 6.07 Å². The molecule has 1 fully saturated rings. The van der Waals surface area contributed by atoms with Gasteiger partial charge in [-0.25, -0.2) is 4.98 Å². The molecule has 18 heavy (non-hydrogen) atoms. The van der Waals surface area contributed by atoms with Crippen molar-refractivity contribution in [1.29, 1.82) is 0 Å². The lowest BCUT2D eigenvalue weighted by atomic mass is 10.2. The van der Waals surface area contributed by atoms with Crippen molar-refractivity contribution in [1.82, 2.24) is 4.98 Å². The number of hydrogen-bond acceptors (Lipinski definition) is 5. The second-order valence-corrected chi connectivity index (χ2v) is 5.91. The summed E-state index contributed by atoms with van der Waals surface area (Å²) < 4.78 is 36.3. The largest absolute Gasteiger partial charge is 0.372 e. The SMILES string of the molecule is CC1CN(c2ccc(S(=O)(=O)O)cn2)CC(C)O1. The summed E-state index contributed by atoms with van der Waals surface area (Å²) in [7, 11) is -4.18. The maximum absolute atomic E-state index is 10.9. The smallest absolute Gasteiger partial charge is 0.296 e. The zero-order valence-electron chi connectivity index (χ0n) is 10.3. The minimum Gasteiger partial charge on any atom is -0.372 e. The average Bonchev–Trinajstić information content (AvgIpc) is 2.27. The fourth-order valence-corrected chi connectivity index (χ4v) is 2.50. The molecule has 100 valence electrons. The first kappa shape index (κ1) is 13.3. The Balaban J connectivity index is 2.19. The molecular formula is C11H16N2O4S. The second-order valence-electron chi connectivity index (χ2n) is 4.49. The number of rotatable bonds is 2. The summed E-state index contributed by atoms with van der Waals surface area (Å²) in [5.41, 5.74) is 0. The topological polar surface area (TPSA) is 79.7 Å². The number of morpholine rings is 1. The number of anilines is 1. The summed E-state index contributed by atoms with van der Waals surface area (Å²) >= 11 is 0. The van der Waals surface area contributed by atoms with Gasteiger partial charge in [-0.15, -0.1) is 0 Å². The van der Waals surface area contributed by atoms with Crippen molar-refractivity contribution < 1.29 is 17.7 Å². The highest BCUT2D eigenvalue weighted by molar-refractivity contribution is 7.85. The molecule has 7 heteroatoms. The van der Waals surface area contributed by atoms with Crippen molar-refractivity contribution in [2.45, 2.75) is 31.0 Å². The fourth-order valence-electron chi connectivity index (χ4n) is 2.08. The van der Waals surface area contributed by atoms with Crippen LogP contribution >= 0.6 is 0 Å². The van der Waals surface area contributed by atoms with E-state index in [1.807, 2.05) is 18.7 Å². The van der Waals surface area contributed by atoms with Gasteiger partial charge < -0.3 is 9.64 Å². The first-order chi connectivity index (χ1) is 8.36. The predicted octanol–water partition coefficient (Wildman–Crippen LogP) is 0.942. The van der Waals surface area contributed by atoms with Gasteiger partial charge >= 0.3 is 0 Å². The van der Waals surface area contributed by atoms with Crippen LogP contribution in [0.4, 0.5) is 5.82 Å². The molecule has 1 aliphatic heterocycles. The van der Waals surface area contributed by atoms with Crippen molar-refractivity contribution in [3.05, 3.63) is 18.3 Å². The van der Waals surface area contributed by atoms with Gasteiger partial charge in [-0.1, -0.05) is 0 Å². The molecule has 1 aromatic heterocycles. The Hall–Kier alpha value is -1.18. The van der Waals surface area contributed by atoms with Crippen LogP contribution in [0.5, 0.6) is 0 Å². The zero-order valence-corrected chi connectivity index (χ0v) is 11.1. The summed E-state index contributed by atoms with van der Waals surface area (Å²) in [6.07, 6.45) is 1.38. The van der Waals surface area contributed by atoms with Gasteiger partial charge in [0, 0.05) is 13.1 Å². The van der Waals surface area contributed by atoms with E-state index in [0.29, 0.717) is 18.9 Å². The average molecular weight is 272 g/mol. The van der Waals surface area contributed by atoms with Crippen molar-refractivity contribution in [3.8, 4) is 0 Å². The van der Waals surface area contributed by atoms with E-state index in [1.54, 1.807) is 6.07 Å². The summed E-state index contributed by atoms with van der Waals surface area (Å²) in [4.78, 5) is 5.91. The monoisotopic (exact) mass is 272 g/mol. The van der Waals surface area contributed by atoms with E-state index < -0.39 is 10.1 Å². The maximum atomic E-state index is 10.9. The third-order valence-corrected chi connectivity index (χ3v) is 3.60. The van der Waals surface area contributed by atoms with Gasteiger partial charge in [0.15, 0.2) is 0 Å². The maximum Gasteiger partial charge on any atom is 0.296 e. The number of hydrogen-bond donors (Lipinski definition) is 1. The van der Waals surface area contributed by atoms with Gasteiger partial charge in [-0.2, -0.15) is 8.42 Å². The molecule has 0 radical (unpaired) electrons. The molecular weight excluding hydrogens is 256 g/mol. The van der Waals surface area contributed by atoms with Crippen LogP contribution in [-0.2, 0) is 14.9 Å². The molecule has 1 aromatic rings. The summed E-state index contributed by atoms with van der Waals surface area (Å²) in [5.74, 6) is 0.685. The van der Waals surface area contributed by atoms with Crippen LogP contribution < -0.4 is 4.90 Å². The first-order valence-corrected chi connectivity index (χ1v) is 7.14. The third kappa shape index (κ3) is 2.98. The second kappa shape index (κ2) is 4.83. The molecule has 1 N–H and O–H groups in total. The standard InChI is InChI=1S/C11H16N2O4S/c1-8-6-13(7-9(2)17-8)11-4-3-10(5-12-11)18(14,15)16/h3-5,8-9H,6-7H2,1-2H3,(H,14,15,16). The lowest BCUT2D eigenvalue weighted by Gasteiger charge is -2.36. The van der Waals surface area contributed by atoms with Gasteiger partial charge in [-0.05, 0) is 26.0 Å². The molecule has 1 aliphatic rings.